The van der Waals surface area contributed by atoms with Crippen LogP contribution in [0.25, 0.3) is 0 Å². The Hall–Kier alpha value is -3.20. The van der Waals surface area contributed by atoms with Crippen LogP contribution in [0.15, 0.2) is 66.8 Å². The maximum atomic E-state index is 13.0. The Morgan fingerprint density at radius 3 is 2.24 bits per heavy atom. The zero-order valence-corrected chi connectivity index (χ0v) is 16.5. The van der Waals surface area contributed by atoms with Crippen LogP contribution in [-0.4, -0.2) is 11.1 Å². The molecule has 0 radical (unpaired) electrons. The maximum absolute atomic E-state index is 13.0. The van der Waals surface area contributed by atoms with Gasteiger partial charge in [0.25, 0.3) is 6.08 Å². The predicted molar refractivity (Wildman–Crippen MR) is 106 cm³/mol. The van der Waals surface area contributed by atoms with Gasteiger partial charge in [0.05, 0.1) is 17.4 Å². The number of halogens is 2. The second kappa shape index (κ2) is 9.33. The van der Waals surface area contributed by atoms with Gasteiger partial charge in [0.15, 0.2) is 0 Å². The summed E-state index contributed by atoms with van der Waals surface area (Å²) in [5.74, 6) is -3.11. The third-order valence-corrected chi connectivity index (χ3v) is 5.23. The second-order valence-corrected chi connectivity index (χ2v) is 7.19. The van der Waals surface area contributed by atoms with Crippen molar-refractivity contribution in [2.45, 2.75) is 26.7 Å². The molecule has 29 heavy (non-hydrogen) atoms. The fourth-order valence-corrected chi connectivity index (χ4v) is 3.85. The standard InChI is InChI=1S/C23H23F2NO3/c1-15(2)23(22(27)28,16(3)12-21(24)25)20(14-26)17-8-7-11-19(13-17)29-18-9-5-4-6-10-18/h4-13,15-16,20H,1-3H3,(H,27,28). The molecule has 0 aliphatic heterocycles. The number of benzene rings is 2. The Morgan fingerprint density at radius 2 is 1.72 bits per heavy atom. The number of para-hydroxylation sites is 1. The largest absolute Gasteiger partial charge is 0.481 e. The molecule has 2 aromatic carbocycles. The van der Waals surface area contributed by atoms with Crippen molar-refractivity contribution in [3.8, 4) is 17.6 Å². The molecule has 6 heteroatoms. The molecule has 0 bridgehead atoms. The predicted octanol–water partition coefficient (Wildman–Crippen LogP) is 6.23. The molecule has 3 atom stereocenters. The van der Waals surface area contributed by atoms with Crippen molar-refractivity contribution >= 4 is 5.97 Å². The molecule has 0 aromatic heterocycles. The minimum Gasteiger partial charge on any atom is -0.481 e. The molecular formula is C23H23F2NO3. The van der Waals surface area contributed by atoms with Crippen LogP contribution in [0.5, 0.6) is 11.5 Å². The molecule has 0 aliphatic carbocycles. The summed E-state index contributed by atoms with van der Waals surface area (Å²) >= 11 is 0. The third kappa shape index (κ3) is 4.62. The summed E-state index contributed by atoms with van der Waals surface area (Å²) in [6.07, 6.45) is -1.36. The topological polar surface area (TPSA) is 70.3 Å². The van der Waals surface area contributed by atoms with Crippen LogP contribution in [0.3, 0.4) is 0 Å². The summed E-state index contributed by atoms with van der Waals surface area (Å²) < 4.78 is 31.8. The lowest BCUT2D eigenvalue weighted by Gasteiger charge is -2.41. The number of rotatable bonds is 8. The van der Waals surface area contributed by atoms with Crippen LogP contribution >= 0.6 is 0 Å². The monoisotopic (exact) mass is 399 g/mol. The van der Waals surface area contributed by atoms with Gasteiger partial charge >= 0.3 is 5.97 Å². The Bertz CT molecular complexity index is 917. The maximum Gasteiger partial charge on any atom is 0.312 e. The van der Waals surface area contributed by atoms with E-state index in [1.165, 1.54) is 6.92 Å². The average molecular weight is 399 g/mol. The van der Waals surface area contributed by atoms with Crippen LogP contribution in [0.1, 0.15) is 32.3 Å². The molecular weight excluding hydrogens is 376 g/mol. The van der Waals surface area contributed by atoms with Gasteiger partial charge in [-0.1, -0.05) is 51.1 Å². The lowest BCUT2D eigenvalue weighted by atomic mass is 9.59. The molecule has 0 saturated heterocycles. The van der Waals surface area contributed by atoms with E-state index in [2.05, 4.69) is 6.07 Å². The molecule has 4 nitrogen and oxygen atoms in total. The molecule has 3 unspecified atom stereocenters. The number of carbonyl (C=O) groups is 1. The third-order valence-electron chi connectivity index (χ3n) is 5.23. The SMILES string of the molecule is CC(C)C(C(=O)O)(C(C)C=C(F)F)C(C#N)c1cccc(Oc2ccccc2)c1. The van der Waals surface area contributed by atoms with Crippen LogP contribution in [-0.2, 0) is 4.79 Å². The van der Waals surface area contributed by atoms with Crippen LogP contribution < -0.4 is 4.74 Å². The number of allylic oxidation sites excluding steroid dienone is 1. The molecule has 0 fully saturated rings. The highest BCUT2D eigenvalue weighted by Gasteiger charge is 2.53. The first-order chi connectivity index (χ1) is 13.7. The highest BCUT2D eigenvalue weighted by atomic mass is 19.3. The van der Waals surface area contributed by atoms with Crippen molar-refractivity contribution in [3.05, 3.63) is 72.3 Å². The lowest BCUT2D eigenvalue weighted by Crippen LogP contribution is -2.46. The van der Waals surface area contributed by atoms with E-state index >= 15 is 0 Å². The summed E-state index contributed by atoms with van der Waals surface area (Å²) in [5, 5.41) is 20.0. The number of nitriles is 1. The van der Waals surface area contributed by atoms with Crippen molar-refractivity contribution in [2.75, 3.05) is 0 Å². The molecule has 0 saturated carbocycles. The summed E-state index contributed by atoms with van der Waals surface area (Å²) in [5.41, 5.74) is -1.35. The molecule has 152 valence electrons. The Morgan fingerprint density at radius 1 is 1.10 bits per heavy atom. The molecule has 2 aromatic rings. The summed E-state index contributed by atoms with van der Waals surface area (Å²) in [7, 11) is 0. The minimum atomic E-state index is -1.97. The first kappa shape index (κ1) is 22.1. The van der Waals surface area contributed by atoms with Gasteiger partial charge in [-0.25, -0.2) is 0 Å². The first-order valence-corrected chi connectivity index (χ1v) is 9.22. The normalized spacial score (nSPS) is 14.9. The quantitative estimate of drug-likeness (QED) is 0.571. The van der Waals surface area contributed by atoms with Gasteiger partial charge in [-0.05, 0) is 47.7 Å². The van der Waals surface area contributed by atoms with Crippen LogP contribution in [0, 0.1) is 28.6 Å². The van der Waals surface area contributed by atoms with Crippen LogP contribution in [0.4, 0.5) is 8.78 Å². The first-order valence-electron chi connectivity index (χ1n) is 9.22. The van der Waals surface area contributed by atoms with Gasteiger partial charge in [0, 0.05) is 0 Å². The van der Waals surface area contributed by atoms with Gasteiger partial charge in [-0.2, -0.15) is 14.0 Å². The number of carboxylic acids is 1. The van der Waals surface area contributed by atoms with Crippen LogP contribution in [0.2, 0.25) is 0 Å². The van der Waals surface area contributed by atoms with Crippen molar-refractivity contribution in [1.29, 1.82) is 5.26 Å². The number of aliphatic carboxylic acids is 1. The fourth-order valence-electron chi connectivity index (χ4n) is 3.85. The molecule has 1 N–H and O–H groups in total. The van der Waals surface area contributed by atoms with E-state index in [0.717, 1.165) is 0 Å². The van der Waals surface area contributed by atoms with Gasteiger partial charge in [0.1, 0.15) is 11.5 Å². The molecule has 0 spiro atoms. The lowest BCUT2D eigenvalue weighted by molar-refractivity contribution is -0.155. The second-order valence-electron chi connectivity index (χ2n) is 7.19. The highest BCUT2D eigenvalue weighted by Crippen LogP contribution is 2.49. The molecule has 0 heterocycles. The van der Waals surface area contributed by atoms with E-state index in [-0.39, 0.29) is 0 Å². The Labute approximate surface area is 169 Å². The van der Waals surface area contributed by atoms with Crippen molar-refractivity contribution < 1.29 is 23.4 Å². The molecule has 0 aliphatic rings. The highest BCUT2D eigenvalue weighted by molar-refractivity contribution is 5.78. The summed E-state index contributed by atoms with van der Waals surface area (Å²) in [6.45, 7) is 4.66. The molecule has 2 rings (SSSR count). The Balaban J connectivity index is 2.56. The number of carboxylic acid groups (broad SMARTS) is 1. The summed E-state index contributed by atoms with van der Waals surface area (Å²) in [6, 6.07) is 17.6. The van der Waals surface area contributed by atoms with E-state index in [4.69, 9.17) is 4.74 Å². The van der Waals surface area contributed by atoms with E-state index in [1.807, 2.05) is 18.2 Å². The van der Waals surface area contributed by atoms with Gasteiger partial charge in [0.2, 0.25) is 0 Å². The number of hydrogen-bond donors (Lipinski definition) is 1. The number of nitrogens with zero attached hydrogens (tertiary/aromatic N) is 1. The smallest absolute Gasteiger partial charge is 0.312 e. The van der Waals surface area contributed by atoms with E-state index in [9.17, 15) is 23.9 Å². The molecule has 0 amide bonds. The van der Waals surface area contributed by atoms with Crippen molar-refractivity contribution in [1.82, 2.24) is 0 Å². The van der Waals surface area contributed by atoms with E-state index in [1.54, 1.807) is 50.2 Å². The van der Waals surface area contributed by atoms with E-state index < -0.39 is 35.2 Å². The van der Waals surface area contributed by atoms with E-state index in [0.29, 0.717) is 23.1 Å². The number of hydrogen-bond acceptors (Lipinski definition) is 3. The zero-order chi connectivity index (χ0) is 21.6. The average Bonchev–Trinajstić information content (AvgIpc) is 2.65. The zero-order valence-electron chi connectivity index (χ0n) is 16.5. The van der Waals surface area contributed by atoms with Gasteiger partial charge in [-0.3, -0.25) is 4.79 Å². The van der Waals surface area contributed by atoms with Gasteiger partial charge in [-0.15, -0.1) is 0 Å². The van der Waals surface area contributed by atoms with Crippen molar-refractivity contribution in [3.63, 3.8) is 0 Å². The minimum absolute atomic E-state index is 0.400. The number of ether oxygens (including phenoxy) is 1. The summed E-state index contributed by atoms with van der Waals surface area (Å²) in [4.78, 5) is 12.4. The van der Waals surface area contributed by atoms with Crippen molar-refractivity contribution in [2.24, 2.45) is 17.3 Å². The fraction of sp³-hybridized carbons (Fsp3) is 0.304. The van der Waals surface area contributed by atoms with Gasteiger partial charge < -0.3 is 9.84 Å². The Kier molecular flexibility index (Phi) is 7.11.